The van der Waals surface area contributed by atoms with Crippen LogP contribution in [0.25, 0.3) is 5.76 Å². The van der Waals surface area contributed by atoms with Crippen LogP contribution in [0.5, 0.6) is 11.5 Å². The van der Waals surface area contributed by atoms with Gasteiger partial charge in [-0.2, -0.15) is 0 Å². The summed E-state index contributed by atoms with van der Waals surface area (Å²) in [4.78, 5) is 28.2. The van der Waals surface area contributed by atoms with Crippen LogP contribution in [0.15, 0.2) is 72.3 Å². The lowest BCUT2D eigenvalue weighted by Gasteiger charge is -2.26. The van der Waals surface area contributed by atoms with Crippen LogP contribution in [0, 0.1) is 19.8 Å². The Morgan fingerprint density at radius 1 is 1.00 bits per heavy atom. The zero-order valence-corrected chi connectivity index (χ0v) is 21.9. The fourth-order valence-electron chi connectivity index (χ4n) is 4.57. The van der Waals surface area contributed by atoms with E-state index in [-0.39, 0.29) is 17.9 Å². The fourth-order valence-corrected chi connectivity index (χ4v) is 4.57. The number of hydrogen-bond donors (Lipinski definition) is 1. The van der Waals surface area contributed by atoms with E-state index >= 15 is 0 Å². The van der Waals surface area contributed by atoms with Gasteiger partial charge in [0.1, 0.15) is 17.3 Å². The second-order valence-corrected chi connectivity index (χ2v) is 9.88. The number of aryl methyl sites for hydroxylation is 2. The molecule has 0 bridgehead atoms. The summed E-state index contributed by atoms with van der Waals surface area (Å²) in [6.45, 7) is 8.77. The molecule has 1 saturated heterocycles. The van der Waals surface area contributed by atoms with Crippen LogP contribution in [-0.2, 0) is 16.1 Å². The Labute approximate surface area is 218 Å². The molecular formula is C31H33NO5. The lowest BCUT2D eigenvalue weighted by Crippen LogP contribution is -2.29. The molecule has 6 nitrogen and oxygen atoms in total. The van der Waals surface area contributed by atoms with E-state index in [1.54, 1.807) is 25.3 Å². The van der Waals surface area contributed by atoms with E-state index in [1.165, 1.54) is 4.90 Å². The van der Waals surface area contributed by atoms with Gasteiger partial charge in [0, 0.05) is 12.1 Å². The number of Topliss-reactive ketones (excluding diaryl/α,β-unsaturated/α-hetero) is 1. The predicted molar refractivity (Wildman–Crippen MR) is 144 cm³/mol. The molecule has 1 fully saturated rings. The number of hydrogen-bond acceptors (Lipinski definition) is 5. The van der Waals surface area contributed by atoms with E-state index in [1.807, 2.05) is 62.4 Å². The minimum absolute atomic E-state index is 0.0775. The van der Waals surface area contributed by atoms with Crippen molar-refractivity contribution in [3.63, 3.8) is 0 Å². The number of methoxy groups -OCH3 is 1. The van der Waals surface area contributed by atoms with E-state index in [2.05, 4.69) is 13.8 Å². The summed E-state index contributed by atoms with van der Waals surface area (Å²) in [5, 5.41) is 11.4. The maximum atomic E-state index is 13.4. The SMILES string of the molecule is COc1cccc(CN2C(=O)C(=O)/C(=C(\O)c3ccc(OCC(C)C)c(C)c3)C2c2cccc(C)c2)c1. The molecule has 1 atom stereocenters. The molecular weight excluding hydrogens is 466 g/mol. The smallest absolute Gasteiger partial charge is 0.295 e. The van der Waals surface area contributed by atoms with Gasteiger partial charge in [-0.3, -0.25) is 9.59 Å². The molecule has 1 unspecified atom stereocenters. The topological polar surface area (TPSA) is 76.1 Å². The molecule has 1 N–H and O–H groups in total. The first-order chi connectivity index (χ1) is 17.7. The highest BCUT2D eigenvalue weighted by Crippen LogP contribution is 2.41. The molecule has 1 aliphatic heterocycles. The average Bonchev–Trinajstić information content (AvgIpc) is 3.12. The van der Waals surface area contributed by atoms with Gasteiger partial charge in [-0.15, -0.1) is 0 Å². The molecule has 3 aromatic rings. The van der Waals surface area contributed by atoms with Crippen LogP contribution in [0.1, 0.15) is 47.7 Å². The second-order valence-electron chi connectivity index (χ2n) is 9.88. The van der Waals surface area contributed by atoms with Gasteiger partial charge in [0.05, 0.1) is 25.3 Å². The van der Waals surface area contributed by atoms with Crippen molar-refractivity contribution >= 4 is 17.4 Å². The van der Waals surface area contributed by atoms with E-state index in [9.17, 15) is 14.7 Å². The molecule has 1 amide bonds. The molecule has 3 aromatic carbocycles. The largest absolute Gasteiger partial charge is 0.507 e. The van der Waals surface area contributed by atoms with Crippen molar-refractivity contribution in [3.8, 4) is 11.5 Å². The van der Waals surface area contributed by atoms with Crippen molar-refractivity contribution in [2.45, 2.75) is 40.3 Å². The molecule has 6 heteroatoms. The molecule has 0 aliphatic carbocycles. The van der Waals surface area contributed by atoms with Gasteiger partial charge in [-0.25, -0.2) is 0 Å². The number of carbonyl (C=O) groups is 2. The number of rotatable bonds is 8. The van der Waals surface area contributed by atoms with Crippen LogP contribution in [0.4, 0.5) is 0 Å². The summed E-state index contributed by atoms with van der Waals surface area (Å²) >= 11 is 0. The molecule has 192 valence electrons. The molecule has 0 radical (unpaired) electrons. The summed E-state index contributed by atoms with van der Waals surface area (Å²) < 4.78 is 11.2. The third kappa shape index (κ3) is 5.53. The summed E-state index contributed by atoms with van der Waals surface area (Å²) in [5.74, 6) is 0.212. The monoisotopic (exact) mass is 499 g/mol. The summed E-state index contributed by atoms with van der Waals surface area (Å²) in [6.07, 6.45) is 0. The van der Waals surface area contributed by atoms with Gasteiger partial charge in [0.25, 0.3) is 11.7 Å². The zero-order valence-electron chi connectivity index (χ0n) is 21.9. The van der Waals surface area contributed by atoms with Crippen LogP contribution in [0.2, 0.25) is 0 Å². The van der Waals surface area contributed by atoms with Gasteiger partial charge in [0.15, 0.2) is 0 Å². The Kier molecular flexibility index (Phi) is 7.67. The number of aliphatic hydroxyl groups is 1. The number of likely N-dealkylation sites (tertiary alicyclic amines) is 1. The fraction of sp³-hybridized carbons (Fsp3) is 0.290. The van der Waals surface area contributed by atoms with Crippen molar-refractivity contribution < 1.29 is 24.2 Å². The van der Waals surface area contributed by atoms with Gasteiger partial charge >= 0.3 is 0 Å². The number of nitrogens with zero attached hydrogens (tertiary/aromatic N) is 1. The Bertz CT molecular complexity index is 1360. The summed E-state index contributed by atoms with van der Waals surface area (Å²) in [6, 6.07) is 19.6. The highest BCUT2D eigenvalue weighted by molar-refractivity contribution is 6.46. The molecule has 0 spiro atoms. The van der Waals surface area contributed by atoms with Crippen LogP contribution in [0.3, 0.4) is 0 Å². The number of aliphatic hydroxyl groups excluding tert-OH is 1. The lowest BCUT2D eigenvalue weighted by atomic mass is 9.94. The molecule has 0 saturated carbocycles. The molecule has 1 heterocycles. The lowest BCUT2D eigenvalue weighted by molar-refractivity contribution is -0.140. The van der Waals surface area contributed by atoms with Crippen molar-refractivity contribution in [3.05, 3.63) is 100 Å². The Hall–Kier alpha value is -4.06. The minimum Gasteiger partial charge on any atom is -0.507 e. The maximum Gasteiger partial charge on any atom is 0.295 e. The van der Waals surface area contributed by atoms with Crippen molar-refractivity contribution in [1.82, 2.24) is 4.90 Å². The maximum absolute atomic E-state index is 13.4. The third-order valence-corrected chi connectivity index (χ3v) is 6.41. The van der Waals surface area contributed by atoms with Crippen molar-refractivity contribution in [2.24, 2.45) is 5.92 Å². The first kappa shape index (κ1) is 26.0. The number of benzene rings is 3. The molecule has 1 aliphatic rings. The van der Waals surface area contributed by atoms with Crippen LogP contribution in [-0.4, -0.2) is 35.4 Å². The van der Waals surface area contributed by atoms with Crippen LogP contribution < -0.4 is 9.47 Å². The van der Waals surface area contributed by atoms with Gasteiger partial charge < -0.3 is 19.5 Å². The van der Waals surface area contributed by atoms with Crippen molar-refractivity contribution in [1.29, 1.82) is 0 Å². The Balaban J connectivity index is 1.79. The number of amides is 1. The quantitative estimate of drug-likeness (QED) is 0.235. The first-order valence-electron chi connectivity index (χ1n) is 12.4. The van der Waals surface area contributed by atoms with E-state index in [0.29, 0.717) is 23.8 Å². The predicted octanol–water partition coefficient (Wildman–Crippen LogP) is 5.97. The van der Waals surface area contributed by atoms with E-state index < -0.39 is 17.7 Å². The molecule has 4 rings (SSSR count). The van der Waals surface area contributed by atoms with Crippen LogP contribution >= 0.6 is 0 Å². The average molecular weight is 500 g/mol. The Morgan fingerprint density at radius 2 is 1.76 bits per heavy atom. The normalized spacial score (nSPS) is 16.9. The van der Waals surface area contributed by atoms with Gasteiger partial charge in [-0.1, -0.05) is 55.8 Å². The Morgan fingerprint density at radius 3 is 2.43 bits per heavy atom. The van der Waals surface area contributed by atoms with E-state index in [4.69, 9.17) is 9.47 Å². The van der Waals surface area contributed by atoms with E-state index in [0.717, 1.165) is 28.0 Å². The second kappa shape index (κ2) is 10.9. The minimum atomic E-state index is -0.733. The standard InChI is InChI=1S/C31H33NO5/c1-19(2)18-37-26-13-12-24(15-21(26)4)29(33)27-28(23-10-6-8-20(3)14-23)32(31(35)30(27)34)17-22-9-7-11-25(16-22)36-5/h6-16,19,28,33H,17-18H2,1-5H3/b29-27-. The van der Waals surface area contributed by atoms with Gasteiger partial charge in [0.2, 0.25) is 0 Å². The number of carbonyl (C=O) groups excluding carboxylic acids is 2. The number of ketones is 1. The van der Waals surface area contributed by atoms with Gasteiger partial charge in [-0.05, 0) is 66.8 Å². The summed E-state index contributed by atoms with van der Waals surface area (Å²) in [7, 11) is 1.58. The molecule has 0 aromatic heterocycles. The highest BCUT2D eigenvalue weighted by Gasteiger charge is 2.46. The van der Waals surface area contributed by atoms with Crippen molar-refractivity contribution in [2.75, 3.05) is 13.7 Å². The molecule has 37 heavy (non-hydrogen) atoms. The number of ether oxygens (including phenoxy) is 2. The third-order valence-electron chi connectivity index (χ3n) is 6.41. The first-order valence-corrected chi connectivity index (χ1v) is 12.4. The zero-order chi connectivity index (χ0) is 26.7. The summed E-state index contributed by atoms with van der Waals surface area (Å²) in [5.41, 5.74) is 3.95. The highest BCUT2D eigenvalue weighted by atomic mass is 16.5.